The minimum absolute atomic E-state index is 0.778. The van der Waals surface area contributed by atoms with Gasteiger partial charge in [0.15, 0.2) is 0 Å². The summed E-state index contributed by atoms with van der Waals surface area (Å²) in [5.41, 5.74) is 0. The van der Waals surface area contributed by atoms with Gasteiger partial charge in [-0.05, 0) is 14.1 Å². The van der Waals surface area contributed by atoms with E-state index in [0.717, 1.165) is 24.6 Å². The van der Waals surface area contributed by atoms with Gasteiger partial charge in [-0.25, -0.2) is 4.98 Å². The van der Waals surface area contributed by atoms with E-state index < -0.39 is 0 Å². The van der Waals surface area contributed by atoms with Crippen LogP contribution in [0.1, 0.15) is 18.6 Å². The lowest BCUT2D eigenvalue weighted by Gasteiger charge is -2.04. The molecule has 0 saturated heterocycles. The molecule has 0 saturated carbocycles. The van der Waals surface area contributed by atoms with Gasteiger partial charge in [0.05, 0.1) is 12.7 Å². The minimum atomic E-state index is 0.778. The van der Waals surface area contributed by atoms with E-state index in [0.29, 0.717) is 0 Å². The van der Waals surface area contributed by atoms with E-state index >= 15 is 0 Å². The highest BCUT2D eigenvalue weighted by atomic mass is 16.4. The molecule has 0 bridgehead atoms. The Morgan fingerprint density at radius 2 is 2.27 bits per heavy atom. The summed E-state index contributed by atoms with van der Waals surface area (Å²) in [6.07, 6.45) is 2.71. The standard InChI is InChI=1S/C8H14N2O/c1-4-7-5-9-8(11-7)6-10(2)3/h5H,4,6H2,1-3H3. The fourth-order valence-corrected chi connectivity index (χ4v) is 0.855. The second kappa shape index (κ2) is 3.53. The average molecular weight is 154 g/mol. The molecule has 3 nitrogen and oxygen atoms in total. The lowest BCUT2D eigenvalue weighted by Crippen LogP contribution is -2.10. The zero-order chi connectivity index (χ0) is 8.27. The third-order valence-electron chi connectivity index (χ3n) is 1.40. The Balaban J connectivity index is 2.58. The fourth-order valence-electron chi connectivity index (χ4n) is 0.855. The number of aryl methyl sites for hydroxylation is 1. The lowest BCUT2D eigenvalue weighted by molar-refractivity contribution is 0.333. The van der Waals surface area contributed by atoms with Crippen molar-refractivity contribution in [2.45, 2.75) is 19.9 Å². The largest absolute Gasteiger partial charge is 0.444 e. The first-order valence-electron chi connectivity index (χ1n) is 3.80. The zero-order valence-corrected chi connectivity index (χ0v) is 7.29. The van der Waals surface area contributed by atoms with Gasteiger partial charge < -0.3 is 9.32 Å². The van der Waals surface area contributed by atoms with Gasteiger partial charge in [-0.3, -0.25) is 0 Å². The number of rotatable bonds is 3. The van der Waals surface area contributed by atoms with Crippen LogP contribution in [0.4, 0.5) is 0 Å². The number of hydrogen-bond acceptors (Lipinski definition) is 3. The van der Waals surface area contributed by atoms with Gasteiger partial charge >= 0.3 is 0 Å². The van der Waals surface area contributed by atoms with Crippen molar-refractivity contribution in [1.82, 2.24) is 9.88 Å². The summed E-state index contributed by atoms with van der Waals surface area (Å²) in [5.74, 6) is 1.76. The van der Waals surface area contributed by atoms with Crippen LogP contribution in [0.3, 0.4) is 0 Å². The summed E-state index contributed by atoms with van der Waals surface area (Å²) in [6, 6.07) is 0. The molecule has 0 atom stereocenters. The van der Waals surface area contributed by atoms with Gasteiger partial charge in [-0.15, -0.1) is 0 Å². The van der Waals surface area contributed by atoms with Crippen molar-refractivity contribution in [1.29, 1.82) is 0 Å². The highest BCUT2D eigenvalue weighted by molar-refractivity contribution is 4.93. The van der Waals surface area contributed by atoms with Gasteiger partial charge in [0.2, 0.25) is 5.89 Å². The van der Waals surface area contributed by atoms with Gasteiger partial charge in [0.25, 0.3) is 0 Å². The predicted molar refractivity (Wildman–Crippen MR) is 43.3 cm³/mol. The molecule has 0 N–H and O–H groups in total. The first-order chi connectivity index (χ1) is 5.22. The van der Waals surface area contributed by atoms with Crippen molar-refractivity contribution in [3.63, 3.8) is 0 Å². The molecule has 0 aromatic carbocycles. The minimum Gasteiger partial charge on any atom is -0.444 e. The second-order valence-electron chi connectivity index (χ2n) is 2.81. The molecule has 62 valence electrons. The summed E-state index contributed by atoms with van der Waals surface area (Å²) < 4.78 is 5.39. The molecule has 11 heavy (non-hydrogen) atoms. The first-order valence-corrected chi connectivity index (χ1v) is 3.80. The third kappa shape index (κ3) is 2.35. The Morgan fingerprint density at radius 1 is 1.55 bits per heavy atom. The van der Waals surface area contributed by atoms with Crippen molar-refractivity contribution in [3.8, 4) is 0 Å². The Kier molecular flexibility index (Phi) is 2.65. The van der Waals surface area contributed by atoms with Crippen molar-refractivity contribution < 1.29 is 4.42 Å². The van der Waals surface area contributed by atoms with E-state index in [4.69, 9.17) is 4.42 Å². The highest BCUT2D eigenvalue weighted by Crippen LogP contribution is 2.04. The van der Waals surface area contributed by atoms with Gasteiger partial charge in [0, 0.05) is 6.42 Å². The molecule has 1 aromatic rings. The SMILES string of the molecule is CCc1cnc(CN(C)C)o1. The van der Waals surface area contributed by atoms with Crippen LogP contribution >= 0.6 is 0 Å². The topological polar surface area (TPSA) is 29.3 Å². The van der Waals surface area contributed by atoms with Crippen LogP contribution in [-0.4, -0.2) is 24.0 Å². The second-order valence-corrected chi connectivity index (χ2v) is 2.81. The molecule has 1 aromatic heterocycles. The third-order valence-corrected chi connectivity index (χ3v) is 1.40. The number of oxazole rings is 1. The highest BCUT2D eigenvalue weighted by Gasteiger charge is 2.01. The monoisotopic (exact) mass is 154 g/mol. The van der Waals surface area contributed by atoms with Crippen molar-refractivity contribution in [2.24, 2.45) is 0 Å². The summed E-state index contributed by atoms with van der Waals surface area (Å²) in [4.78, 5) is 6.15. The molecule has 0 aliphatic rings. The van der Waals surface area contributed by atoms with Crippen LogP contribution in [0.15, 0.2) is 10.6 Å². The average Bonchev–Trinajstić information content (AvgIpc) is 2.34. The maximum absolute atomic E-state index is 5.39. The van der Waals surface area contributed by atoms with Crippen molar-refractivity contribution in [2.75, 3.05) is 14.1 Å². The van der Waals surface area contributed by atoms with E-state index in [-0.39, 0.29) is 0 Å². The quantitative estimate of drug-likeness (QED) is 0.657. The summed E-state index contributed by atoms with van der Waals surface area (Å²) in [5, 5.41) is 0. The fraction of sp³-hybridized carbons (Fsp3) is 0.625. The molecule has 0 spiro atoms. The van der Waals surface area contributed by atoms with Gasteiger partial charge in [-0.2, -0.15) is 0 Å². The molecular formula is C8H14N2O. The molecule has 0 fully saturated rings. The van der Waals surface area contributed by atoms with E-state index in [1.807, 2.05) is 19.0 Å². The van der Waals surface area contributed by atoms with Crippen LogP contribution in [0, 0.1) is 0 Å². The number of nitrogens with zero attached hydrogens (tertiary/aromatic N) is 2. The Bertz CT molecular complexity index is 218. The molecule has 3 heteroatoms. The van der Waals surface area contributed by atoms with Crippen LogP contribution in [0.2, 0.25) is 0 Å². The smallest absolute Gasteiger partial charge is 0.208 e. The van der Waals surface area contributed by atoms with Gasteiger partial charge in [-0.1, -0.05) is 6.92 Å². The molecule has 1 heterocycles. The predicted octanol–water partition coefficient (Wildman–Crippen LogP) is 1.30. The number of aromatic nitrogens is 1. The van der Waals surface area contributed by atoms with Crippen LogP contribution < -0.4 is 0 Å². The molecule has 0 unspecified atom stereocenters. The first kappa shape index (κ1) is 8.27. The molecule has 0 aliphatic carbocycles. The molecule has 0 amide bonds. The Hall–Kier alpha value is -0.830. The maximum atomic E-state index is 5.39. The van der Waals surface area contributed by atoms with Crippen LogP contribution in [0.25, 0.3) is 0 Å². The summed E-state index contributed by atoms with van der Waals surface area (Å²) in [6.45, 7) is 2.83. The normalized spacial score (nSPS) is 10.9. The Labute approximate surface area is 67.0 Å². The van der Waals surface area contributed by atoms with E-state index in [1.54, 1.807) is 6.20 Å². The number of hydrogen-bond donors (Lipinski definition) is 0. The Morgan fingerprint density at radius 3 is 2.73 bits per heavy atom. The van der Waals surface area contributed by atoms with Crippen molar-refractivity contribution >= 4 is 0 Å². The van der Waals surface area contributed by atoms with Crippen LogP contribution in [0.5, 0.6) is 0 Å². The van der Waals surface area contributed by atoms with Crippen LogP contribution in [-0.2, 0) is 13.0 Å². The maximum Gasteiger partial charge on any atom is 0.208 e. The summed E-state index contributed by atoms with van der Waals surface area (Å²) >= 11 is 0. The molecule has 0 radical (unpaired) electrons. The molecule has 1 rings (SSSR count). The van der Waals surface area contributed by atoms with E-state index in [2.05, 4.69) is 11.9 Å². The molecule has 0 aliphatic heterocycles. The summed E-state index contributed by atoms with van der Waals surface area (Å²) in [7, 11) is 3.99. The lowest BCUT2D eigenvalue weighted by atomic mass is 10.4. The van der Waals surface area contributed by atoms with E-state index in [9.17, 15) is 0 Å². The van der Waals surface area contributed by atoms with Gasteiger partial charge in [0.1, 0.15) is 5.76 Å². The molecular weight excluding hydrogens is 140 g/mol. The zero-order valence-electron chi connectivity index (χ0n) is 7.29. The van der Waals surface area contributed by atoms with E-state index in [1.165, 1.54) is 0 Å². The van der Waals surface area contributed by atoms with Crippen molar-refractivity contribution in [3.05, 3.63) is 17.8 Å².